The van der Waals surface area contributed by atoms with Gasteiger partial charge in [-0.3, -0.25) is 10.1 Å². The van der Waals surface area contributed by atoms with Crippen LogP contribution in [0.5, 0.6) is 0 Å². The SMILES string of the molecule is Cc1c([N+](=O)[O-])cccc1S(=O)(=O)N(C)CC1CCCN1. The summed E-state index contributed by atoms with van der Waals surface area (Å²) in [5.41, 5.74) is -0.00259. The van der Waals surface area contributed by atoms with Gasteiger partial charge in [0.05, 0.1) is 9.82 Å². The Morgan fingerprint density at radius 3 is 2.76 bits per heavy atom. The maximum absolute atomic E-state index is 12.6. The fourth-order valence-corrected chi connectivity index (χ4v) is 4.02. The highest BCUT2D eigenvalue weighted by molar-refractivity contribution is 7.89. The first-order valence-corrected chi connectivity index (χ1v) is 8.22. The summed E-state index contributed by atoms with van der Waals surface area (Å²) >= 11 is 0. The van der Waals surface area contributed by atoms with E-state index in [0.29, 0.717) is 6.54 Å². The van der Waals surface area contributed by atoms with Gasteiger partial charge in [-0.05, 0) is 32.4 Å². The molecule has 0 bridgehead atoms. The van der Waals surface area contributed by atoms with Crippen LogP contribution < -0.4 is 5.32 Å². The highest BCUT2D eigenvalue weighted by Crippen LogP contribution is 2.27. The van der Waals surface area contributed by atoms with Crippen LogP contribution >= 0.6 is 0 Å². The number of hydrogen-bond donors (Lipinski definition) is 1. The zero-order chi connectivity index (χ0) is 15.6. The molecule has 116 valence electrons. The molecule has 1 N–H and O–H groups in total. The summed E-state index contributed by atoms with van der Waals surface area (Å²) in [6.07, 6.45) is 1.97. The molecule has 1 heterocycles. The average Bonchev–Trinajstić information content (AvgIpc) is 2.91. The molecule has 0 radical (unpaired) electrons. The van der Waals surface area contributed by atoms with Crippen molar-refractivity contribution in [2.75, 3.05) is 20.1 Å². The van der Waals surface area contributed by atoms with Gasteiger partial charge >= 0.3 is 0 Å². The van der Waals surface area contributed by atoms with Crippen molar-refractivity contribution in [2.24, 2.45) is 0 Å². The van der Waals surface area contributed by atoms with Gasteiger partial charge in [0.25, 0.3) is 5.69 Å². The van der Waals surface area contributed by atoms with Gasteiger partial charge in [0, 0.05) is 31.3 Å². The van der Waals surface area contributed by atoms with Crippen molar-refractivity contribution in [3.05, 3.63) is 33.9 Å². The minimum atomic E-state index is -3.72. The van der Waals surface area contributed by atoms with Crippen LogP contribution in [0.4, 0.5) is 5.69 Å². The van der Waals surface area contributed by atoms with Crippen LogP contribution in [0.15, 0.2) is 23.1 Å². The molecule has 7 nitrogen and oxygen atoms in total. The quantitative estimate of drug-likeness (QED) is 0.653. The van der Waals surface area contributed by atoms with Gasteiger partial charge in [0.15, 0.2) is 0 Å². The molecule has 0 aromatic heterocycles. The van der Waals surface area contributed by atoms with Crippen LogP contribution in [0.1, 0.15) is 18.4 Å². The zero-order valence-corrected chi connectivity index (χ0v) is 12.9. The van der Waals surface area contributed by atoms with Gasteiger partial charge in [-0.2, -0.15) is 4.31 Å². The monoisotopic (exact) mass is 313 g/mol. The summed E-state index contributed by atoms with van der Waals surface area (Å²) in [5, 5.41) is 14.2. The smallest absolute Gasteiger partial charge is 0.273 e. The summed E-state index contributed by atoms with van der Waals surface area (Å²) < 4.78 is 26.4. The molecule has 1 saturated heterocycles. The first-order chi connectivity index (χ1) is 9.84. The standard InChI is InChI=1S/C13H19N3O4S/c1-10-12(16(17)18)6-3-7-13(10)21(19,20)15(2)9-11-5-4-8-14-11/h3,6-7,11,14H,4-5,8-9H2,1-2H3. The molecular weight excluding hydrogens is 294 g/mol. The van der Waals surface area contributed by atoms with Gasteiger partial charge in [-0.25, -0.2) is 8.42 Å². The molecule has 1 unspecified atom stereocenters. The Labute approximate surface area is 124 Å². The van der Waals surface area contributed by atoms with E-state index in [4.69, 9.17) is 0 Å². The molecular formula is C13H19N3O4S. The highest BCUT2D eigenvalue weighted by atomic mass is 32.2. The maximum Gasteiger partial charge on any atom is 0.273 e. The van der Waals surface area contributed by atoms with Gasteiger partial charge in [-0.15, -0.1) is 0 Å². The first kappa shape index (κ1) is 15.9. The molecule has 0 aliphatic carbocycles. The number of sulfonamides is 1. The van der Waals surface area contributed by atoms with Crippen molar-refractivity contribution < 1.29 is 13.3 Å². The van der Waals surface area contributed by atoms with Crippen LogP contribution in [0.3, 0.4) is 0 Å². The molecule has 21 heavy (non-hydrogen) atoms. The molecule has 2 rings (SSSR count). The fraction of sp³-hybridized carbons (Fsp3) is 0.538. The number of nitro benzene ring substituents is 1. The molecule has 1 aliphatic heterocycles. The van der Waals surface area contributed by atoms with Gasteiger partial charge < -0.3 is 5.32 Å². The lowest BCUT2D eigenvalue weighted by Crippen LogP contribution is -2.38. The van der Waals surface area contributed by atoms with Crippen LogP contribution in [-0.2, 0) is 10.0 Å². The number of nitrogens with one attached hydrogen (secondary N) is 1. The summed E-state index contributed by atoms with van der Waals surface area (Å²) in [7, 11) is -2.22. The molecule has 0 spiro atoms. The van der Waals surface area contributed by atoms with Gasteiger partial charge in [0.1, 0.15) is 0 Å². The largest absolute Gasteiger partial charge is 0.313 e. The topological polar surface area (TPSA) is 92.5 Å². The van der Waals surface area contributed by atoms with E-state index in [1.807, 2.05) is 0 Å². The lowest BCUT2D eigenvalue weighted by atomic mass is 10.2. The van der Waals surface area contributed by atoms with Crippen molar-refractivity contribution in [2.45, 2.75) is 30.7 Å². The van der Waals surface area contributed by atoms with E-state index in [0.717, 1.165) is 19.4 Å². The minimum Gasteiger partial charge on any atom is -0.313 e. The van der Waals surface area contributed by atoms with Crippen LogP contribution in [0.2, 0.25) is 0 Å². The third-order valence-corrected chi connectivity index (χ3v) is 5.75. The maximum atomic E-state index is 12.6. The summed E-state index contributed by atoms with van der Waals surface area (Å²) in [6.45, 7) is 2.73. The van der Waals surface area contributed by atoms with E-state index in [1.165, 1.54) is 36.5 Å². The van der Waals surface area contributed by atoms with E-state index in [1.54, 1.807) is 0 Å². The third-order valence-electron chi connectivity index (χ3n) is 3.78. The van der Waals surface area contributed by atoms with Crippen LogP contribution in [0.25, 0.3) is 0 Å². The molecule has 8 heteroatoms. The lowest BCUT2D eigenvalue weighted by molar-refractivity contribution is -0.385. The average molecular weight is 313 g/mol. The predicted molar refractivity (Wildman–Crippen MR) is 78.7 cm³/mol. The lowest BCUT2D eigenvalue weighted by Gasteiger charge is -2.21. The molecule has 1 aromatic carbocycles. The van der Waals surface area contributed by atoms with Crippen LogP contribution in [-0.4, -0.2) is 43.8 Å². The molecule has 0 saturated carbocycles. The second kappa shape index (κ2) is 6.08. The van der Waals surface area contributed by atoms with Gasteiger partial charge in [0.2, 0.25) is 10.0 Å². The number of rotatable bonds is 5. The zero-order valence-electron chi connectivity index (χ0n) is 12.1. The fourth-order valence-electron chi connectivity index (χ4n) is 2.57. The van der Waals surface area contributed by atoms with E-state index in [9.17, 15) is 18.5 Å². The van der Waals surface area contributed by atoms with Crippen molar-refractivity contribution >= 4 is 15.7 Å². The van der Waals surface area contributed by atoms with E-state index in [2.05, 4.69) is 5.32 Å². The predicted octanol–water partition coefficient (Wildman–Crippen LogP) is 1.28. The molecule has 1 aliphatic rings. The Kier molecular flexibility index (Phi) is 4.60. The number of nitrogens with zero attached hydrogens (tertiary/aromatic N) is 2. The van der Waals surface area contributed by atoms with Crippen molar-refractivity contribution in [3.8, 4) is 0 Å². The highest BCUT2D eigenvalue weighted by Gasteiger charge is 2.28. The van der Waals surface area contributed by atoms with Crippen molar-refractivity contribution in [1.82, 2.24) is 9.62 Å². The second-order valence-corrected chi connectivity index (χ2v) is 7.25. The number of hydrogen-bond acceptors (Lipinski definition) is 5. The van der Waals surface area contributed by atoms with Gasteiger partial charge in [-0.1, -0.05) is 6.07 Å². The van der Waals surface area contributed by atoms with E-state index in [-0.39, 0.29) is 22.2 Å². The number of likely N-dealkylation sites (N-methyl/N-ethyl adjacent to an activating group) is 1. The Bertz CT molecular complexity index is 639. The number of benzene rings is 1. The molecule has 1 fully saturated rings. The third kappa shape index (κ3) is 3.22. The molecule has 1 atom stereocenters. The van der Waals surface area contributed by atoms with Crippen LogP contribution in [0, 0.1) is 17.0 Å². The number of nitro groups is 1. The summed E-state index contributed by atoms with van der Waals surface area (Å²) in [5.74, 6) is 0. The summed E-state index contributed by atoms with van der Waals surface area (Å²) in [6, 6.07) is 4.27. The van der Waals surface area contributed by atoms with Crippen molar-refractivity contribution in [3.63, 3.8) is 0 Å². The second-order valence-electron chi connectivity index (χ2n) is 5.24. The normalized spacial score (nSPS) is 19.1. The first-order valence-electron chi connectivity index (χ1n) is 6.77. The molecule has 1 aromatic rings. The van der Waals surface area contributed by atoms with E-state index < -0.39 is 14.9 Å². The Hall–Kier alpha value is -1.51. The van der Waals surface area contributed by atoms with Crippen molar-refractivity contribution in [1.29, 1.82) is 0 Å². The Morgan fingerprint density at radius 1 is 1.48 bits per heavy atom. The Morgan fingerprint density at radius 2 is 2.19 bits per heavy atom. The minimum absolute atomic E-state index is 0.00260. The summed E-state index contributed by atoms with van der Waals surface area (Å²) in [4.78, 5) is 10.4. The molecule has 0 amide bonds. The Balaban J connectivity index is 2.30. The van der Waals surface area contributed by atoms with E-state index >= 15 is 0 Å².